The zero-order chi connectivity index (χ0) is 16.1. The lowest BCUT2D eigenvalue weighted by atomic mass is 9.96. The summed E-state index contributed by atoms with van der Waals surface area (Å²) in [7, 11) is 0. The maximum atomic E-state index is 12.0. The second-order valence-corrected chi connectivity index (χ2v) is 6.64. The summed E-state index contributed by atoms with van der Waals surface area (Å²) in [5, 5.41) is 23.7. The van der Waals surface area contributed by atoms with Crippen LogP contribution in [0.3, 0.4) is 0 Å². The van der Waals surface area contributed by atoms with E-state index in [0.29, 0.717) is 11.9 Å². The van der Waals surface area contributed by atoms with E-state index in [0.717, 1.165) is 18.4 Å². The van der Waals surface area contributed by atoms with Gasteiger partial charge in [-0.25, -0.2) is 9.48 Å². The third-order valence-electron chi connectivity index (χ3n) is 4.22. The van der Waals surface area contributed by atoms with Crippen molar-refractivity contribution in [3.63, 3.8) is 0 Å². The van der Waals surface area contributed by atoms with Crippen LogP contribution in [0, 0.1) is 0 Å². The molecule has 2 heterocycles. The molecular formula is C16H22N4O2S. The van der Waals surface area contributed by atoms with Crippen LogP contribution in [0.4, 0.5) is 10.6 Å². The van der Waals surface area contributed by atoms with Crippen molar-refractivity contribution >= 4 is 23.2 Å². The minimum Gasteiger partial charge on any atom is -0.387 e. The normalized spacial score (nSPS) is 16.9. The van der Waals surface area contributed by atoms with E-state index in [-0.39, 0.29) is 12.6 Å². The molecule has 2 aromatic rings. The first-order valence-electron chi connectivity index (χ1n) is 8.02. The Morgan fingerprint density at radius 1 is 1.39 bits per heavy atom. The maximum absolute atomic E-state index is 12.0. The highest BCUT2D eigenvalue weighted by molar-refractivity contribution is 7.07. The molecule has 2 aromatic heterocycles. The first-order valence-corrected chi connectivity index (χ1v) is 8.97. The number of aromatic nitrogens is 2. The van der Waals surface area contributed by atoms with E-state index < -0.39 is 6.10 Å². The number of aliphatic hydroxyl groups excluding tert-OH is 1. The first kappa shape index (κ1) is 16.0. The SMILES string of the molecule is O=C(NCC(O)c1ccsc1)Nc1ccnn1C1CCCCC1. The number of carbonyl (C=O) groups is 1. The Bertz CT molecular complexity index is 620. The van der Waals surface area contributed by atoms with Gasteiger partial charge in [0.15, 0.2) is 0 Å². The van der Waals surface area contributed by atoms with Gasteiger partial charge in [0, 0.05) is 12.6 Å². The molecule has 0 saturated heterocycles. The topological polar surface area (TPSA) is 79.2 Å². The van der Waals surface area contributed by atoms with Crippen molar-refractivity contribution in [2.75, 3.05) is 11.9 Å². The summed E-state index contributed by atoms with van der Waals surface area (Å²) in [5.74, 6) is 0.708. The molecule has 7 heteroatoms. The van der Waals surface area contributed by atoms with E-state index in [2.05, 4.69) is 15.7 Å². The number of nitrogens with one attached hydrogen (secondary N) is 2. The predicted octanol–water partition coefficient (Wildman–Crippen LogP) is 3.30. The zero-order valence-electron chi connectivity index (χ0n) is 12.9. The van der Waals surface area contributed by atoms with Crippen molar-refractivity contribution in [2.45, 2.75) is 44.2 Å². The number of rotatable bonds is 5. The number of amides is 2. The molecule has 1 fully saturated rings. The van der Waals surface area contributed by atoms with Crippen LogP contribution < -0.4 is 10.6 Å². The molecule has 0 aliphatic heterocycles. The number of hydrogen-bond acceptors (Lipinski definition) is 4. The fourth-order valence-electron chi connectivity index (χ4n) is 2.96. The molecule has 1 aliphatic rings. The fourth-order valence-corrected chi connectivity index (χ4v) is 3.67. The second kappa shape index (κ2) is 7.61. The van der Waals surface area contributed by atoms with Crippen molar-refractivity contribution < 1.29 is 9.90 Å². The average molecular weight is 334 g/mol. The van der Waals surface area contributed by atoms with Crippen LogP contribution in [-0.4, -0.2) is 27.5 Å². The Morgan fingerprint density at radius 3 is 2.96 bits per heavy atom. The maximum Gasteiger partial charge on any atom is 0.320 e. The lowest BCUT2D eigenvalue weighted by molar-refractivity contribution is 0.175. The van der Waals surface area contributed by atoms with E-state index in [4.69, 9.17) is 0 Å². The highest BCUT2D eigenvalue weighted by atomic mass is 32.1. The molecule has 3 N–H and O–H groups in total. The zero-order valence-corrected chi connectivity index (χ0v) is 13.8. The summed E-state index contributed by atoms with van der Waals surface area (Å²) in [4.78, 5) is 12.0. The summed E-state index contributed by atoms with van der Waals surface area (Å²) in [6.45, 7) is 0.181. The third kappa shape index (κ3) is 4.11. The summed E-state index contributed by atoms with van der Waals surface area (Å²) >= 11 is 1.52. The van der Waals surface area contributed by atoms with Crippen LogP contribution in [0.1, 0.15) is 49.8 Å². The van der Waals surface area contributed by atoms with Gasteiger partial charge in [-0.15, -0.1) is 0 Å². The van der Waals surface area contributed by atoms with Gasteiger partial charge in [0.25, 0.3) is 0 Å². The quantitative estimate of drug-likeness (QED) is 0.785. The number of urea groups is 1. The largest absolute Gasteiger partial charge is 0.387 e. The van der Waals surface area contributed by atoms with Crippen LogP contribution in [0.25, 0.3) is 0 Å². The Morgan fingerprint density at radius 2 is 2.22 bits per heavy atom. The van der Waals surface area contributed by atoms with Gasteiger partial charge in [-0.2, -0.15) is 16.4 Å². The van der Waals surface area contributed by atoms with Gasteiger partial charge in [-0.3, -0.25) is 5.32 Å². The minimum absolute atomic E-state index is 0.181. The first-order chi connectivity index (χ1) is 11.2. The lowest BCUT2D eigenvalue weighted by Gasteiger charge is -2.24. The molecule has 0 radical (unpaired) electrons. The molecular weight excluding hydrogens is 312 g/mol. The Kier molecular flexibility index (Phi) is 5.30. The monoisotopic (exact) mass is 334 g/mol. The van der Waals surface area contributed by atoms with Crippen LogP contribution in [0.5, 0.6) is 0 Å². The van der Waals surface area contributed by atoms with Gasteiger partial charge in [-0.1, -0.05) is 19.3 Å². The third-order valence-corrected chi connectivity index (χ3v) is 4.92. The Hall–Kier alpha value is -1.86. The van der Waals surface area contributed by atoms with Gasteiger partial charge in [0.2, 0.25) is 0 Å². The smallest absolute Gasteiger partial charge is 0.320 e. The van der Waals surface area contributed by atoms with Crippen molar-refractivity contribution in [3.8, 4) is 0 Å². The molecule has 0 bridgehead atoms. The average Bonchev–Trinajstić information content (AvgIpc) is 3.25. The van der Waals surface area contributed by atoms with Crippen LogP contribution in [0.15, 0.2) is 29.1 Å². The second-order valence-electron chi connectivity index (χ2n) is 5.86. The van der Waals surface area contributed by atoms with E-state index in [9.17, 15) is 9.90 Å². The number of hydrogen-bond donors (Lipinski definition) is 3. The van der Waals surface area contributed by atoms with Gasteiger partial charge < -0.3 is 10.4 Å². The van der Waals surface area contributed by atoms with Gasteiger partial charge in [-0.05, 0) is 35.2 Å². The summed E-state index contributed by atoms with van der Waals surface area (Å²) in [5.41, 5.74) is 0.822. The number of carbonyl (C=O) groups excluding carboxylic acids is 1. The van der Waals surface area contributed by atoms with E-state index in [1.807, 2.05) is 27.6 Å². The summed E-state index contributed by atoms with van der Waals surface area (Å²) < 4.78 is 1.91. The van der Waals surface area contributed by atoms with Crippen LogP contribution in [0.2, 0.25) is 0 Å². The molecule has 1 saturated carbocycles. The summed E-state index contributed by atoms with van der Waals surface area (Å²) in [6.07, 6.45) is 6.94. The number of nitrogens with zero attached hydrogens (tertiary/aromatic N) is 2. The van der Waals surface area contributed by atoms with Gasteiger partial charge >= 0.3 is 6.03 Å². The van der Waals surface area contributed by atoms with Crippen molar-refractivity contribution in [1.82, 2.24) is 15.1 Å². The molecule has 6 nitrogen and oxygen atoms in total. The predicted molar refractivity (Wildman–Crippen MR) is 90.6 cm³/mol. The van der Waals surface area contributed by atoms with Gasteiger partial charge in [0.1, 0.15) is 5.82 Å². The molecule has 1 unspecified atom stereocenters. The van der Waals surface area contributed by atoms with E-state index in [1.54, 1.807) is 6.20 Å². The molecule has 1 aliphatic carbocycles. The molecule has 0 aromatic carbocycles. The van der Waals surface area contributed by atoms with Gasteiger partial charge in [0.05, 0.1) is 18.3 Å². The molecule has 0 spiro atoms. The molecule has 1 atom stereocenters. The number of aliphatic hydroxyl groups is 1. The highest BCUT2D eigenvalue weighted by Gasteiger charge is 2.19. The van der Waals surface area contributed by atoms with Crippen LogP contribution in [-0.2, 0) is 0 Å². The summed E-state index contributed by atoms with van der Waals surface area (Å²) in [6, 6.07) is 3.71. The molecule has 23 heavy (non-hydrogen) atoms. The minimum atomic E-state index is -0.685. The molecule has 3 rings (SSSR count). The number of thiophene rings is 1. The van der Waals surface area contributed by atoms with Crippen molar-refractivity contribution in [3.05, 3.63) is 34.7 Å². The van der Waals surface area contributed by atoms with Crippen LogP contribution >= 0.6 is 11.3 Å². The fraction of sp³-hybridized carbons (Fsp3) is 0.500. The molecule has 124 valence electrons. The lowest BCUT2D eigenvalue weighted by Crippen LogP contribution is -2.33. The van der Waals surface area contributed by atoms with E-state index in [1.165, 1.54) is 30.6 Å². The number of anilines is 1. The Balaban J connectivity index is 1.53. The molecule has 2 amide bonds. The standard InChI is InChI=1S/C16H22N4O2S/c21-14(12-7-9-23-11-12)10-17-16(22)19-15-6-8-18-20(15)13-4-2-1-3-5-13/h6-9,11,13-14,21H,1-5,10H2,(H2,17,19,22). The van der Waals surface area contributed by atoms with E-state index >= 15 is 0 Å². The Labute approximate surface area is 139 Å². The highest BCUT2D eigenvalue weighted by Crippen LogP contribution is 2.29. The van der Waals surface area contributed by atoms with Crippen molar-refractivity contribution in [1.29, 1.82) is 0 Å². The van der Waals surface area contributed by atoms with Crippen molar-refractivity contribution in [2.24, 2.45) is 0 Å².